The molecule has 19 heavy (non-hydrogen) atoms. The van der Waals surface area contributed by atoms with Crippen molar-refractivity contribution in [3.8, 4) is 0 Å². The number of nitrogens with one attached hydrogen (secondary N) is 1. The Balaban J connectivity index is 1.90. The summed E-state index contributed by atoms with van der Waals surface area (Å²) in [5.74, 6) is 2.04. The summed E-state index contributed by atoms with van der Waals surface area (Å²) in [5.41, 5.74) is 2.64. The molecule has 0 spiro atoms. The molecule has 1 saturated heterocycles. The quantitative estimate of drug-likeness (QED) is 0.907. The maximum Gasteiger partial charge on any atom is 0.227 e. The van der Waals surface area contributed by atoms with Crippen molar-refractivity contribution in [2.24, 2.45) is 0 Å². The van der Waals surface area contributed by atoms with E-state index in [4.69, 9.17) is 9.97 Å². The van der Waals surface area contributed by atoms with Crippen LogP contribution in [0.4, 0.5) is 11.8 Å². The maximum absolute atomic E-state index is 4.84. The van der Waals surface area contributed by atoms with Gasteiger partial charge in [-0.3, -0.25) is 0 Å². The first-order valence-electron chi connectivity index (χ1n) is 7.77. The lowest BCUT2D eigenvalue weighted by atomic mass is 10.2. The lowest BCUT2D eigenvalue weighted by Gasteiger charge is -2.22. The number of anilines is 2. The molecule has 1 aromatic heterocycles. The number of fused-ring (bicyclic) bond motifs is 1. The van der Waals surface area contributed by atoms with Gasteiger partial charge < -0.3 is 10.2 Å². The predicted octanol–water partition coefficient (Wildman–Crippen LogP) is 2.78. The summed E-state index contributed by atoms with van der Waals surface area (Å²) in [5, 5.41) is 3.43. The Bertz CT molecular complexity index is 436. The fraction of sp³-hybridized carbons (Fsp3) is 0.733. The van der Waals surface area contributed by atoms with Crippen LogP contribution in [0.2, 0.25) is 0 Å². The van der Waals surface area contributed by atoms with E-state index < -0.39 is 0 Å². The number of aromatic nitrogens is 2. The van der Waals surface area contributed by atoms with Gasteiger partial charge in [-0.1, -0.05) is 12.8 Å². The Hall–Kier alpha value is -1.32. The summed E-state index contributed by atoms with van der Waals surface area (Å²) < 4.78 is 0. The lowest BCUT2D eigenvalue weighted by molar-refractivity contribution is 0.726. The maximum atomic E-state index is 4.84. The van der Waals surface area contributed by atoms with Crippen LogP contribution in [0.25, 0.3) is 0 Å². The highest BCUT2D eigenvalue weighted by Crippen LogP contribution is 2.29. The summed E-state index contributed by atoms with van der Waals surface area (Å²) in [6, 6.07) is 0. The van der Waals surface area contributed by atoms with Gasteiger partial charge in [0.2, 0.25) is 5.95 Å². The summed E-state index contributed by atoms with van der Waals surface area (Å²) >= 11 is 0. The van der Waals surface area contributed by atoms with Crippen molar-refractivity contribution < 1.29 is 0 Å². The molecule has 0 aromatic carbocycles. The molecule has 4 heteroatoms. The zero-order valence-electron chi connectivity index (χ0n) is 11.9. The van der Waals surface area contributed by atoms with E-state index in [1.54, 1.807) is 0 Å². The number of nitrogens with zero attached hydrogens (tertiary/aromatic N) is 3. The van der Waals surface area contributed by atoms with Crippen molar-refractivity contribution in [3.63, 3.8) is 0 Å². The molecule has 0 bridgehead atoms. The van der Waals surface area contributed by atoms with E-state index >= 15 is 0 Å². The summed E-state index contributed by atoms with van der Waals surface area (Å²) in [6.07, 6.45) is 8.73. The first-order valence-corrected chi connectivity index (χ1v) is 7.77. The SMILES string of the molecule is CCNc1nc(N2CCCCCC2)nc2c1CCC2. The average Bonchev–Trinajstić information content (AvgIpc) is 2.72. The second kappa shape index (κ2) is 5.76. The standard InChI is InChI=1S/C15H24N4/c1-2-16-14-12-8-7-9-13(12)17-15(18-14)19-10-5-3-4-6-11-19/h2-11H2,1H3,(H,16,17,18). The van der Waals surface area contributed by atoms with Crippen LogP contribution in [-0.2, 0) is 12.8 Å². The van der Waals surface area contributed by atoms with Gasteiger partial charge in [0.15, 0.2) is 0 Å². The molecular weight excluding hydrogens is 236 g/mol. The normalized spacial score (nSPS) is 19.1. The van der Waals surface area contributed by atoms with Gasteiger partial charge in [0.05, 0.1) is 5.69 Å². The third kappa shape index (κ3) is 2.67. The van der Waals surface area contributed by atoms with E-state index in [0.29, 0.717) is 0 Å². The largest absolute Gasteiger partial charge is 0.370 e. The van der Waals surface area contributed by atoms with Crippen molar-refractivity contribution in [1.29, 1.82) is 0 Å². The van der Waals surface area contributed by atoms with Gasteiger partial charge in [0.1, 0.15) is 5.82 Å². The molecule has 104 valence electrons. The first-order chi connectivity index (χ1) is 9.38. The van der Waals surface area contributed by atoms with Crippen LogP contribution < -0.4 is 10.2 Å². The molecule has 1 N–H and O–H groups in total. The highest BCUT2D eigenvalue weighted by molar-refractivity contribution is 5.53. The Labute approximate surface area is 115 Å². The van der Waals surface area contributed by atoms with E-state index in [9.17, 15) is 0 Å². The zero-order valence-corrected chi connectivity index (χ0v) is 11.9. The minimum atomic E-state index is 0.933. The number of aryl methyl sites for hydroxylation is 1. The van der Waals surface area contributed by atoms with Crippen molar-refractivity contribution in [1.82, 2.24) is 9.97 Å². The van der Waals surface area contributed by atoms with Gasteiger partial charge in [-0.25, -0.2) is 4.98 Å². The van der Waals surface area contributed by atoms with Crippen LogP contribution in [0.15, 0.2) is 0 Å². The summed E-state index contributed by atoms with van der Waals surface area (Å²) in [7, 11) is 0. The smallest absolute Gasteiger partial charge is 0.227 e. The Morgan fingerprint density at radius 2 is 1.79 bits per heavy atom. The van der Waals surface area contributed by atoms with Crippen molar-refractivity contribution in [3.05, 3.63) is 11.3 Å². The minimum Gasteiger partial charge on any atom is -0.370 e. The number of hydrogen-bond acceptors (Lipinski definition) is 4. The van der Waals surface area contributed by atoms with Gasteiger partial charge in [0, 0.05) is 25.2 Å². The average molecular weight is 260 g/mol. The fourth-order valence-electron chi connectivity index (χ4n) is 3.15. The van der Waals surface area contributed by atoms with Crippen LogP contribution in [0, 0.1) is 0 Å². The zero-order chi connectivity index (χ0) is 13.1. The molecule has 1 aromatic rings. The van der Waals surface area contributed by atoms with Gasteiger partial charge >= 0.3 is 0 Å². The van der Waals surface area contributed by atoms with Crippen LogP contribution in [-0.4, -0.2) is 29.6 Å². The van der Waals surface area contributed by atoms with E-state index in [2.05, 4.69) is 17.1 Å². The third-order valence-electron chi connectivity index (χ3n) is 4.15. The van der Waals surface area contributed by atoms with Gasteiger partial charge in [-0.2, -0.15) is 4.98 Å². The molecular formula is C15H24N4. The minimum absolute atomic E-state index is 0.933. The van der Waals surface area contributed by atoms with Gasteiger partial charge in [-0.05, 0) is 39.0 Å². The van der Waals surface area contributed by atoms with Crippen molar-refractivity contribution >= 4 is 11.8 Å². The van der Waals surface area contributed by atoms with E-state index in [-0.39, 0.29) is 0 Å². The predicted molar refractivity (Wildman–Crippen MR) is 78.9 cm³/mol. The highest BCUT2D eigenvalue weighted by atomic mass is 15.3. The number of rotatable bonds is 3. The lowest BCUT2D eigenvalue weighted by Crippen LogP contribution is -2.27. The Kier molecular flexibility index (Phi) is 3.85. The van der Waals surface area contributed by atoms with Crippen molar-refractivity contribution in [2.75, 3.05) is 29.9 Å². The van der Waals surface area contributed by atoms with Gasteiger partial charge in [0.25, 0.3) is 0 Å². The molecule has 1 aliphatic carbocycles. The molecule has 2 aliphatic rings. The molecule has 0 radical (unpaired) electrons. The third-order valence-corrected chi connectivity index (χ3v) is 4.15. The molecule has 1 fully saturated rings. The van der Waals surface area contributed by atoms with E-state index in [1.165, 1.54) is 43.4 Å². The topological polar surface area (TPSA) is 41.1 Å². The van der Waals surface area contributed by atoms with Crippen LogP contribution in [0.5, 0.6) is 0 Å². The molecule has 3 rings (SSSR count). The summed E-state index contributed by atoms with van der Waals surface area (Å²) in [4.78, 5) is 12.0. The molecule has 0 unspecified atom stereocenters. The molecule has 1 aliphatic heterocycles. The van der Waals surface area contributed by atoms with Crippen LogP contribution in [0.3, 0.4) is 0 Å². The molecule has 2 heterocycles. The molecule has 0 saturated carbocycles. The molecule has 0 atom stereocenters. The Morgan fingerprint density at radius 3 is 2.53 bits per heavy atom. The molecule has 4 nitrogen and oxygen atoms in total. The fourth-order valence-corrected chi connectivity index (χ4v) is 3.15. The van der Waals surface area contributed by atoms with Gasteiger partial charge in [-0.15, -0.1) is 0 Å². The van der Waals surface area contributed by atoms with E-state index in [1.807, 2.05) is 0 Å². The number of hydrogen-bond donors (Lipinski definition) is 1. The van der Waals surface area contributed by atoms with Crippen LogP contribution >= 0.6 is 0 Å². The monoisotopic (exact) mass is 260 g/mol. The van der Waals surface area contributed by atoms with Crippen molar-refractivity contribution in [2.45, 2.75) is 51.9 Å². The second-order valence-electron chi connectivity index (χ2n) is 5.58. The van der Waals surface area contributed by atoms with Crippen LogP contribution in [0.1, 0.15) is 50.3 Å². The van der Waals surface area contributed by atoms with E-state index in [0.717, 1.165) is 44.2 Å². The molecule has 0 amide bonds. The Morgan fingerprint density at radius 1 is 1.00 bits per heavy atom. The highest BCUT2D eigenvalue weighted by Gasteiger charge is 2.21. The second-order valence-corrected chi connectivity index (χ2v) is 5.58. The summed E-state index contributed by atoms with van der Waals surface area (Å²) in [6.45, 7) is 5.30. The first kappa shape index (κ1) is 12.7.